The number of imidazole rings is 1. The maximum atomic E-state index is 3.62. The van der Waals surface area contributed by atoms with Crippen LogP contribution in [0.2, 0.25) is 0 Å². The van der Waals surface area contributed by atoms with E-state index in [9.17, 15) is 0 Å². The molecule has 3 aromatic carbocycles. The Hall–Kier alpha value is -2.65. The first-order chi connectivity index (χ1) is 11.8. The minimum Gasteiger partial charge on any atom is -0.202 e. The predicted octanol–water partition coefficient (Wildman–Crippen LogP) is 5.18. The zero-order valence-corrected chi connectivity index (χ0v) is 14.6. The van der Waals surface area contributed by atoms with Crippen molar-refractivity contribution < 1.29 is 4.57 Å². The van der Waals surface area contributed by atoms with E-state index in [4.69, 9.17) is 0 Å². The molecule has 0 amide bonds. The third-order valence-electron chi connectivity index (χ3n) is 4.04. The molecule has 0 atom stereocenters. The van der Waals surface area contributed by atoms with Crippen LogP contribution in [0.4, 0.5) is 0 Å². The lowest BCUT2D eigenvalue weighted by Crippen LogP contribution is -2.27. The first-order valence-electron chi connectivity index (χ1n) is 7.81. The van der Waals surface area contributed by atoms with Crippen LogP contribution in [0.25, 0.3) is 22.5 Å². The maximum absolute atomic E-state index is 3.62. The van der Waals surface area contributed by atoms with Gasteiger partial charge in [-0.3, -0.25) is 0 Å². The molecule has 4 rings (SSSR count). The smallest absolute Gasteiger partial charge is 0.202 e. The summed E-state index contributed by atoms with van der Waals surface area (Å²) in [5.74, 6) is 0. The topological polar surface area (TPSA) is 8.81 Å². The molecule has 0 saturated carbocycles. The molecule has 116 valence electrons. The minimum atomic E-state index is 1.11. The second-order valence-corrected chi connectivity index (χ2v) is 6.44. The minimum absolute atomic E-state index is 1.11. The molecule has 0 bridgehead atoms. The normalized spacial score (nSPS) is 10.7. The summed E-state index contributed by atoms with van der Waals surface area (Å²) in [7, 11) is 0. The van der Waals surface area contributed by atoms with Crippen LogP contribution < -0.4 is 4.57 Å². The fourth-order valence-corrected chi connectivity index (χ4v) is 3.28. The van der Waals surface area contributed by atoms with Crippen LogP contribution in [0.1, 0.15) is 0 Å². The Kier molecular flexibility index (Phi) is 4.01. The lowest BCUT2D eigenvalue weighted by Gasteiger charge is -2.04. The van der Waals surface area contributed by atoms with Gasteiger partial charge >= 0.3 is 0 Å². The molecule has 24 heavy (non-hydrogen) atoms. The molecule has 0 unspecified atom stereocenters. The third-order valence-corrected chi connectivity index (χ3v) is 4.73. The molecule has 0 aliphatic carbocycles. The van der Waals surface area contributed by atoms with Crippen LogP contribution in [-0.4, -0.2) is 4.57 Å². The largest absolute Gasteiger partial charge is 0.254 e. The number of hydrogen-bond donors (Lipinski definition) is 0. The number of hydrogen-bond acceptors (Lipinski definition) is 0. The average Bonchev–Trinajstić information content (AvgIpc) is 3.13. The summed E-state index contributed by atoms with van der Waals surface area (Å²) in [4.78, 5) is 0. The van der Waals surface area contributed by atoms with Crippen LogP contribution >= 0.6 is 15.9 Å². The van der Waals surface area contributed by atoms with Gasteiger partial charge in [0.25, 0.3) is 6.33 Å². The van der Waals surface area contributed by atoms with Crippen molar-refractivity contribution in [1.82, 2.24) is 4.57 Å². The van der Waals surface area contributed by atoms with E-state index in [1.54, 1.807) is 0 Å². The Labute approximate surface area is 149 Å². The molecule has 0 spiro atoms. The highest BCUT2D eigenvalue weighted by molar-refractivity contribution is 9.10. The van der Waals surface area contributed by atoms with Crippen LogP contribution in [0.3, 0.4) is 0 Å². The second kappa shape index (κ2) is 6.46. The van der Waals surface area contributed by atoms with Gasteiger partial charge in [0.05, 0.1) is 0 Å². The standard InChI is InChI=1S/C21H16BrN2/c22-21-9-5-4-8-20(21)17-10-12-19(13-11-17)24-15-14-23(16-24)18-6-2-1-3-7-18/h1-16H/q+1. The number of aromatic nitrogens is 2. The number of halogens is 1. The Bertz CT molecular complexity index is 957. The number of benzene rings is 3. The van der Waals surface area contributed by atoms with E-state index < -0.39 is 0 Å². The molecule has 1 heterocycles. The van der Waals surface area contributed by atoms with Crippen molar-refractivity contribution in [3.8, 4) is 22.5 Å². The molecule has 1 aromatic heterocycles. The zero-order chi connectivity index (χ0) is 16.4. The molecule has 0 aliphatic heterocycles. The Morgan fingerprint density at radius 3 is 2.21 bits per heavy atom. The average molecular weight is 376 g/mol. The number of rotatable bonds is 3. The van der Waals surface area contributed by atoms with E-state index in [2.05, 4.69) is 98.4 Å². The van der Waals surface area contributed by atoms with Crippen molar-refractivity contribution in [2.45, 2.75) is 0 Å². The van der Waals surface area contributed by atoms with Crippen molar-refractivity contribution >= 4 is 15.9 Å². The van der Waals surface area contributed by atoms with Crippen molar-refractivity contribution in [2.24, 2.45) is 0 Å². The zero-order valence-electron chi connectivity index (χ0n) is 13.0. The van der Waals surface area contributed by atoms with E-state index in [0.717, 1.165) is 15.8 Å². The van der Waals surface area contributed by atoms with E-state index in [1.807, 2.05) is 24.3 Å². The first-order valence-corrected chi connectivity index (χ1v) is 8.60. The van der Waals surface area contributed by atoms with Crippen molar-refractivity contribution in [3.63, 3.8) is 0 Å². The van der Waals surface area contributed by atoms with Gasteiger partial charge in [0, 0.05) is 4.47 Å². The summed E-state index contributed by atoms with van der Waals surface area (Å²) in [6.07, 6.45) is 6.22. The summed E-state index contributed by atoms with van der Waals surface area (Å²) in [5.41, 5.74) is 4.70. The van der Waals surface area contributed by atoms with Gasteiger partial charge in [-0.1, -0.05) is 64.5 Å². The van der Waals surface area contributed by atoms with Gasteiger partial charge < -0.3 is 0 Å². The van der Waals surface area contributed by atoms with E-state index in [0.29, 0.717) is 0 Å². The van der Waals surface area contributed by atoms with Crippen molar-refractivity contribution in [1.29, 1.82) is 0 Å². The molecular formula is C21H16BrN2+. The summed E-state index contributed by atoms with van der Waals surface area (Å²) >= 11 is 3.62. The fraction of sp³-hybridized carbons (Fsp3) is 0. The SMILES string of the molecule is Brc1ccccc1-c1ccc(-[n+]2ccn(-c3ccccc3)c2)cc1. The highest BCUT2D eigenvalue weighted by atomic mass is 79.9. The van der Waals surface area contributed by atoms with E-state index in [1.165, 1.54) is 11.1 Å². The highest BCUT2D eigenvalue weighted by Gasteiger charge is 2.09. The molecule has 0 saturated heterocycles. The first kappa shape index (κ1) is 14.9. The molecule has 4 aromatic rings. The molecule has 3 heteroatoms. The fourth-order valence-electron chi connectivity index (χ4n) is 2.77. The lowest BCUT2D eigenvalue weighted by atomic mass is 10.1. The summed E-state index contributed by atoms with van der Waals surface area (Å²) in [6.45, 7) is 0. The van der Waals surface area contributed by atoms with Gasteiger partial charge in [-0.05, 0) is 41.5 Å². The monoisotopic (exact) mass is 375 g/mol. The van der Waals surface area contributed by atoms with Crippen molar-refractivity contribution in [2.75, 3.05) is 0 Å². The van der Waals surface area contributed by atoms with Crippen LogP contribution in [0, 0.1) is 0 Å². The third kappa shape index (κ3) is 2.91. The van der Waals surface area contributed by atoms with E-state index >= 15 is 0 Å². The Morgan fingerprint density at radius 1 is 0.750 bits per heavy atom. The molecule has 0 fully saturated rings. The van der Waals surface area contributed by atoms with Crippen LogP contribution in [0.5, 0.6) is 0 Å². The Balaban J connectivity index is 1.64. The van der Waals surface area contributed by atoms with Crippen molar-refractivity contribution in [3.05, 3.63) is 102 Å². The molecule has 0 N–H and O–H groups in total. The summed E-state index contributed by atoms with van der Waals surface area (Å²) in [6, 6.07) is 27.2. The number of para-hydroxylation sites is 1. The Morgan fingerprint density at radius 2 is 1.46 bits per heavy atom. The van der Waals surface area contributed by atoms with Gasteiger partial charge in [-0.2, -0.15) is 0 Å². The molecular weight excluding hydrogens is 360 g/mol. The number of nitrogens with zero attached hydrogens (tertiary/aromatic N) is 2. The van der Waals surface area contributed by atoms with Crippen LogP contribution in [0.15, 0.2) is 102 Å². The van der Waals surface area contributed by atoms with Crippen LogP contribution in [-0.2, 0) is 0 Å². The highest BCUT2D eigenvalue weighted by Crippen LogP contribution is 2.27. The molecule has 2 nitrogen and oxygen atoms in total. The van der Waals surface area contributed by atoms with E-state index in [-0.39, 0.29) is 0 Å². The van der Waals surface area contributed by atoms with Gasteiger partial charge in [-0.15, -0.1) is 0 Å². The predicted molar refractivity (Wildman–Crippen MR) is 100 cm³/mol. The summed E-state index contributed by atoms with van der Waals surface area (Å²) < 4.78 is 5.35. The maximum Gasteiger partial charge on any atom is 0.254 e. The lowest BCUT2D eigenvalue weighted by molar-refractivity contribution is -0.594. The molecule has 0 aliphatic rings. The van der Waals surface area contributed by atoms with Gasteiger partial charge in [0.1, 0.15) is 23.8 Å². The second-order valence-electron chi connectivity index (χ2n) is 5.59. The van der Waals surface area contributed by atoms with Gasteiger partial charge in [0.2, 0.25) is 0 Å². The quantitative estimate of drug-likeness (QED) is 0.436. The summed E-state index contributed by atoms with van der Waals surface area (Å²) in [5, 5.41) is 0. The van der Waals surface area contributed by atoms with Gasteiger partial charge in [0.15, 0.2) is 0 Å². The molecule has 0 radical (unpaired) electrons. The van der Waals surface area contributed by atoms with Gasteiger partial charge in [-0.25, -0.2) is 9.13 Å².